The van der Waals surface area contributed by atoms with Crippen molar-refractivity contribution < 1.29 is 9.79 Å². The highest BCUT2D eigenvalue weighted by Crippen LogP contribution is 2.11. The van der Waals surface area contributed by atoms with Gasteiger partial charge in [-0.25, -0.2) is 0 Å². The lowest BCUT2D eigenvalue weighted by molar-refractivity contribution is 0.513. The van der Waals surface area contributed by atoms with Gasteiger partial charge in [0.1, 0.15) is 9.03 Å². The number of fused-ring (bicyclic) bond motifs is 1. The predicted octanol–water partition coefficient (Wildman–Crippen LogP) is 2.32. The van der Waals surface area contributed by atoms with Gasteiger partial charge >= 0.3 is 0 Å². The van der Waals surface area contributed by atoms with Crippen molar-refractivity contribution in [3.05, 3.63) is 48.5 Å². The fourth-order valence-electron chi connectivity index (χ4n) is 1.13. The number of benzene rings is 2. The molecule has 68 valence electrons. The Morgan fingerprint density at radius 1 is 0.692 bits per heavy atom. The zero-order valence-electron chi connectivity index (χ0n) is 7.01. The first kappa shape index (κ1) is 10.1. The van der Waals surface area contributed by atoms with Crippen LogP contribution in [0.1, 0.15) is 0 Å². The first-order chi connectivity index (χ1) is 6.38. The molecule has 2 aromatic rings. The van der Waals surface area contributed by atoms with E-state index in [1.54, 1.807) is 0 Å². The van der Waals surface area contributed by atoms with Crippen molar-refractivity contribution in [1.82, 2.24) is 0 Å². The largest absolute Gasteiger partial charge is 0.352 e. The van der Waals surface area contributed by atoms with E-state index in [0.29, 0.717) is 0 Å². The van der Waals surface area contributed by atoms with Crippen molar-refractivity contribution in [3.63, 3.8) is 0 Å². The Hall–Kier alpha value is -0.950. The maximum Gasteiger partial charge on any atom is 0.149 e. The zero-order valence-corrected chi connectivity index (χ0v) is 8.01. The molecule has 0 atom stereocenters. The quantitative estimate of drug-likeness (QED) is 0.632. The molecule has 2 nitrogen and oxygen atoms in total. The Morgan fingerprint density at radius 2 is 0.923 bits per heavy atom. The van der Waals surface area contributed by atoms with Crippen LogP contribution in [0.25, 0.3) is 10.8 Å². The van der Waals surface area contributed by atoms with Crippen LogP contribution in [0, 0.1) is 0 Å². The molecule has 2 rings (SSSR count). The number of hydrogen-bond donors (Lipinski definition) is 2. The molecule has 0 radical (unpaired) electrons. The topological polar surface area (TPSA) is 40.5 Å². The fraction of sp³-hybridized carbons (Fsp3) is 0. The highest BCUT2D eigenvalue weighted by atomic mass is 31.1. The normalized spacial score (nSPS) is 9.08. The lowest BCUT2D eigenvalue weighted by atomic mass is 10.1. The minimum Gasteiger partial charge on any atom is -0.352 e. The van der Waals surface area contributed by atoms with Crippen LogP contribution in [0.3, 0.4) is 0 Å². The van der Waals surface area contributed by atoms with Crippen LogP contribution in [0.5, 0.6) is 0 Å². The molecule has 13 heavy (non-hydrogen) atoms. The van der Waals surface area contributed by atoms with Crippen molar-refractivity contribution in [2.45, 2.75) is 0 Å². The maximum absolute atomic E-state index is 7.15. The van der Waals surface area contributed by atoms with E-state index < -0.39 is 9.03 Å². The third kappa shape index (κ3) is 3.11. The number of rotatable bonds is 0. The minimum atomic E-state index is -0.917. The highest BCUT2D eigenvalue weighted by Gasteiger charge is 1.85. The summed E-state index contributed by atoms with van der Waals surface area (Å²) in [5, 5.41) is 2.62. The molecule has 3 heteroatoms. The van der Waals surface area contributed by atoms with Crippen LogP contribution in [-0.2, 0) is 0 Å². The molecule has 0 bridgehead atoms. The van der Waals surface area contributed by atoms with E-state index in [2.05, 4.69) is 48.5 Å². The first-order valence-electron chi connectivity index (χ1n) is 3.85. The molecule has 2 N–H and O–H groups in total. The van der Waals surface area contributed by atoms with Gasteiger partial charge in [-0.2, -0.15) is 0 Å². The van der Waals surface area contributed by atoms with Crippen LogP contribution in [-0.4, -0.2) is 9.79 Å². The van der Waals surface area contributed by atoms with Gasteiger partial charge in [0.25, 0.3) is 0 Å². The molecule has 0 heterocycles. The van der Waals surface area contributed by atoms with Crippen LogP contribution in [0.2, 0.25) is 0 Å². The van der Waals surface area contributed by atoms with E-state index in [4.69, 9.17) is 9.79 Å². The van der Waals surface area contributed by atoms with Crippen LogP contribution in [0.4, 0.5) is 0 Å². The van der Waals surface area contributed by atoms with Gasteiger partial charge in [0.05, 0.1) is 0 Å². The van der Waals surface area contributed by atoms with Gasteiger partial charge in [-0.15, -0.1) is 0 Å². The van der Waals surface area contributed by atoms with Gasteiger partial charge in [0.15, 0.2) is 0 Å². The molecular weight excluding hydrogens is 183 g/mol. The Morgan fingerprint density at radius 3 is 1.15 bits per heavy atom. The van der Waals surface area contributed by atoms with Crippen LogP contribution >= 0.6 is 9.03 Å². The smallest absolute Gasteiger partial charge is 0.149 e. The van der Waals surface area contributed by atoms with E-state index in [0.717, 1.165) is 0 Å². The van der Waals surface area contributed by atoms with Gasteiger partial charge in [-0.1, -0.05) is 48.5 Å². The molecule has 0 aromatic heterocycles. The van der Waals surface area contributed by atoms with E-state index in [-0.39, 0.29) is 0 Å². The highest BCUT2D eigenvalue weighted by molar-refractivity contribution is 7.23. The molecule has 0 fully saturated rings. The Labute approximate surface area is 78.8 Å². The maximum atomic E-state index is 7.15. The third-order valence-electron chi connectivity index (χ3n) is 1.66. The first-order valence-corrected chi connectivity index (χ1v) is 4.75. The molecule has 0 spiro atoms. The monoisotopic (exact) mass is 194 g/mol. The SMILES string of the molecule is OPO.c1ccc2ccccc2c1. The van der Waals surface area contributed by atoms with E-state index in [1.807, 2.05) is 0 Å². The van der Waals surface area contributed by atoms with E-state index >= 15 is 0 Å². The molecule has 0 aliphatic rings. The second-order valence-electron chi connectivity index (χ2n) is 2.45. The average Bonchev–Trinajstić information content (AvgIpc) is 2.19. The summed E-state index contributed by atoms with van der Waals surface area (Å²) in [6.45, 7) is 0. The summed E-state index contributed by atoms with van der Waals surface area (Å²) in [6, 6.07) is 16.7. The van der Waals surface area contributed by atoms with Crippen molar-refractivity contribution in [1.29, 1.82) is 0 Å². The second kappa shape index (κ2) is 5.65. The molecule has 0 amide bonds. The molecule has 0 aliphatic heterocycles. The summed E-state index contributed by atoms with van der Waals surface area (Å²) in [4.78, 5) is 14.3. The summed E-state index contributed by atoms with van der Waals surface area (Å²) in [7, 11) is -0.917. The van der Waals surface area contributed by atoms with Crippen LogP contribution < -0.4 is 0 Å². The summed E-state index contributed by atoms with van der Waals surface area (Å²) in [6.07, 6.45) is 0. The van der Waals surface area contributed by atoms with Crippen molar-refractivity contribution in [3.8, 4) is 0 Å². The van der Waals surface area contributed by atoms with Crippen molar-refractivity contribution in [2.24, 2.45) is 0 Å². The molecule has 0 aliphatic carbocycles. The molecular formula is C10H11O2P. The lowest BCUT2D eigenvalue weighted by Crippen LogP contribution is -1.67. The van der Waals surface area contributed by atoms with Crippen molar-refractivity contribution in [2.75, 3.05) is 0 Å². The van der Waals surface area contributed by atoms with Gasteiger partial charge in [0, 0.05) is 0 Å². The van der Waals surface area contributed by atoms with Gasteiger partial charge in [-0.3, -0.25) is 0 Å². The lowest BCUT2D eigenvalue weighted by Gasteiger charge is -1.92. The van der Waals surface area contributed by atoms with E-state index in [9.17, 15) is 0 Å². The Balaban J connectivity index is 0.000000251. The van der Waals surface area contributed by atoms with Gasteiger partial charge in [0.2, 0.25) is 0 Å². The minimum absolute atomic E-state index is 0.917. The van der Waals surface area contributed by atoms with Gasteiger partial charge in [-0.05, 0) is 10.8 Å². The molecule has 0 saturated heterocycles. The molecule has 0 unspecified atom stereocenters. The molecule has 0 saturated carbocycles. The Bertz CT molecular complexity index is 297. The fourth-order valence-corrected chi connectivity index (χ4v) is 1.13. The second-order valence-corrected chi connectivity index (χ2v) is 2.65. The predicted molar refractivity (Wildman–Crippen MR) is 56.7 cm³/mol. The summed E-state index contributed by atoms with van der Waals surface area (Å²) in [5.74, 6) is 0. The third-order valence-corrected chi connectivity index (χ3v) is 1.66. The van der Waals surface area contributed by atoms with E-state index in [1.165, 1.54) is 10.8 Å². The van der Waals surface area contributed by atoms with Crippen LogP contribution in [0.15, 0.2) is 48.5 Å². The number of hydrogen-bond acceptors (Lipinski definition) is 2. The Kier molecular flexibility index (Phi) is 4.41. The summed E-state index contributed by atoms with van der Waals surface area (Å²) < 4.78 is 0. The van der Waals surface area contributed by atoms with Gasteiger partial charge < -0.3 is 9.79 Å². The average molecular weight is 194 g/mol. The summed E-state index contributed by atoms with van der Waals surface area (Å²) >= 11 is 0. The standard InChI is InChI=1S/C10H8.H3O2P/c1-2-6-10-8-4-3-7-9(10)5-1;1-3-2/h1-8H;1-3H. The zero-order chi connectivity index (χ0) is 9.52. The van der Waals surface area contributed by atoms with Crippen molar-refractivity contribution >= 4 is 19.8 Å². The summed E-state index contributed by atoms with van der Waals surface area (Å²) in [5.41, 5.74) is 0. The molecule has 2 aromatic carbocycles.